The van der Waals surface area contributed by atoms with Gasteiger partial charge in [0.15, 0.2) is 5.96 Å². The zero-order valence-electron chi connectivity index (χ0n) is 10.3. The number of hydrogen-bond acceptors (Lipinski definition) is 3. The Balaban J connectivity index is 2.20. The molecule has 96 valence electrons. The number of amides is 2. The summed E-state index contributed by atoms with van der Waals surface area (Å²) in [5, 5.41) is 2.74. The van der Waals surface area contributed by atoms with Crippen molar-refractivity contribution in [3.63, 3.8) is 0 Å². The Morgan fingerprint density at radius 1 is 1.44 bits per heavy atom. The Hall–Kier alpha value is -2.11. The second kappa shape index (κ2) is 4.64. The molecule has 0 radical (unpaired) electrons. The van der Waals surface area contributed by atoms with E-state index < -0.39 is 0 Å². The summed E-state index contributed by atoms with van der Waals surface area (Å²) in [6, 6.07) is 2.42. The number of aliphatic imine (C=N–C) groups is 1. The maximum absolute atomic E-state index is 13.1. The summed E-state index contributed by atoms with van der Waals surface area (Å²) < 4.78 is 13.1. The molecule has 1 heterocycles. The highest BCUT2D eigenvalue weighted by Gasteiger charge is 2.22. The number of rotatable bonds is 1. The molecule has 18 heavy (non-hydrogen) atoms. The first-order valence-electron chi connectivity index (χ1n) is 5.64. The molecule has 0 spiro atoms. The van der Waals surface area contributed by atoms with Crippen molar-refractivity contribution >= 4 is 17.7 Å². The van der Waals surface area contributed by atoms with Gasteiger partial charge in [-0.2, -0.15) is 0 Å². The van der Waals surface area contributed by atoms with Crippen LogP contribution < -0.4 is 11.1 Å². The van der Waals surface area contributed by atoms with Crippen LogP contribution >= 0.6 is 0 Å². The minimum Gasteiger partial charge on any atom is -0.369 e. The van der Waals surface area contributed by atoms with Crippen LogP contribution in [0.15, 0.2) is 17.1 Å². The third kappa shape index (κ3) is 2.27. The van der Waals surface area contributed by atoms with E-state index in [1.165, 1.54) is 17.0 Å². The zero-order chi connectivity index (χ0) is 13.3. The third-order valence-corrected chi connectivity index (χ3v) is 2.85. The summed E-state index contributed by atoms with van der Waals surface area (Å²) in [6.45, 7) is 4.47. The fourth-order valence-electron chi connectivity index (χ4n) is 1.95. The van der Waals surface area contributed by atoms with Gasteiger partial charge in [0.25, 0.3) is 0 Å². The summed E-state index contributed by atoms with van der Waals surface area (Å²) in [5.41, 5.74) is 7.55. The van der Waals surface area contributed by atoms with E-state index in [1.807, 2.05) is 0 Å². The molecule has 0 atom stereocenters. The molecule has 0 fully saturated rings. The van der Waals surface area contributed by atoms with Gasteiger partial charge in [0, 0.05) is 5.69 Å². The van der Waals surface area contributed by atoms with E-state index in [2.05, 4.69) is 10.3 Å². The predicted octanol–water partition coefficient (Wildman–Crippen LogP) is 1.60. The highest BCUT2D eigenvalue weighted by molar-refractivity contribution is 6.03. The molecule has 1 aromatic rings. The average Bonchev–Trinajstić information content (AvgIpc) is 2.69. The maximum atomic E-state index is 13.1. The minimum absolute atomic E-state index is 0.213. The van der Waals surface area contributed by atoms with Crippen molar-refractivity contribution in [2.75, 3.05) is 18.4 Å². The molecule has 0 aromatic heterocycles. The average molecular weight is 250 g/mol. The van der Waals surface area contributed by atoms with Gasteiger partial charge < -0.3 is 11.1 Å². The van der Waals surface area contributed by atoms with Crippen LogP contribution in [-0.4, -0.2) is 30.0 Å². The molecule has 0 unspecified atom stereocenters. The third-order valence-electron chi connectivity index (χ3n) is 2.85. The van der Waals surface area contributed by atoms with E-state index in [0.717, 1.165) is 0 Å². The lowest BCUT2D eigenvalue weighted by Gasteiger charge is -2.18. The Bertz CT molecular complexity index is 504. The van der Waals surface area contributed by atoms with Crippen molar-refractivity contribution in [2.45, 2.75) is 13.8 Å². The number of nitrogens with zero attached hydrogens (tertiary/aromatic N) is 2. The lowest BCUT2D eigenvalue weighted by molar-refractivity contribution is 0.236. The molecule has 1 aliphatic rings. The molecule has 0 saturated heterocycles. The molecule has 6 heteroatoms. The van der Waals surface area contributed by atoms with Gasteiger partial charge in [-0.15, -0.1) is 0 Å². The Morgan fingerprint density at radius 3 is 2.56 bits per heavy atom. The van der Waals surface area contributed by atoms with Crippen LogP contribution in [-0.2, 0) is 0 Å². The molecule has 0 bridgehead atoms. The first-order chi connectivity index (χ1) is 8.49. The van der Waals surface area contributed by atoms with E-state index in [9.17, 15) is 9.18 Å². The summed E-state index contributed by atoms with van der Waals surface area (Å²) in [6.07, 6.45) is 0. The molecule has 1 aliphatic heterocycles. The quantitative estimate of drug-likeness (QED) is 0.794. The number of halogens is 1. The maximum Gasteiger partial charge on any atom is 0.328 e. The largest absolute Gasteiger partial charge is 0.369 e. The van der Waals surface area contributed by atoms with Gasteiger partial charge in [0.1, 0.15) is 5.82 Å². The van der Waals surface area contributed by atoms with Crippen LogP contribution in [0.2, 0.25) is 0 Å². The smallest absolute Gasteiger partial charge is 0.328 e. The number of guanidine groups is 1. The van der Waals surface area contributed by atoms with E-state index in [1.54, 1.807) is 13.8 Å². The van der Waals surface area contributed by atoms with Crippen molar-refractivity contribution in [3.8, 4) is 0 Å². The molecule has 2 amide bonds. The van der Waals surface area contributed by atoms with Crippen LogP contribution in [0.3, 0.4) is 0 Å². The predicted molar refractivity (Wildman–Crippen MR) is 68.1 cm³/mol. The lowest BCUT2D eigenvalue weighted by atomic mass is 10.1. The molecule has 3 N–H and O–H groups in total. The molecular formula is C12H15FN4O. The van der Waals surface area contributed by atoms with E-state index >= 15 is 0 Å². The van der Waals surface area contributed by atoms with Gasteiger partial charge in [-0.3, -0.25) is 9.89 Å². The van der Waals surface area contributed by atoms with Gasteiger partial charge in [-0.1, -0.05) is 0 Å². The second-order valence-corrected chi connectivity index (χ2v) is 4.24. The van der Waals surface area contributed by atoms with E-state index in [0.29, 0.717) is 29.9 Å². The number of benzene rings is 1. The number of urea groups is 1. The van der Waals surface area contributed by atoms with Crippen LogP contribution in [0, 0.1) is 19.7 Å². The monoisotopic (exact) mass is 250 g/mol. The summed E-state index contributed by atoms with van der Waals surface area (Å²) in [4.78, 5) is 17.3. The van der Waals surface area contributed by atoms with Crippen molar-refractivity contribution in [1.82, 2.24) is 4.90 Å². The standard InChI is InChI=1S/C12H15FN4O/c1-7-5-9(13)6-8(2)10(7)16-12(18)17-4-3-15-11(17)14/h5-6H,3-4H2,1-2H3,(H2,14,15)(H,16,18). The lowest BCUT2D eigenvalue weighted by Crippen LogP contribution is -2.41. The molecule has 2 rings (SSSR count). The van der Waals surface area contributed by atoms with Crippen molar-refractivity contribution in [3.05, 3.63) is 29.1 Å². The van der Waals surface area contributed by atoms with Gasteiger partial charge >= 0.3 is 6.03 Å². The summed E-state index contributed by atoms with van der Waals surface area (Å²) in [7, 11) is 0. The number of nitrogens with two attached hydrogens (primary N) is 1. The van der Waals surface area contributed by atoms with Crippen LogP contribution in [0.4, 0.5) is 14.9 Å². The molecule has 0 aliphatic carbocycles. The number of carbonyl (C=O) groups excluding carboxylic acids is 1. The van der Waals surface area contributed by atoms with Crippen LogP contribution in [0.5, 0.6) is 0 Å². The SMILES string of the molecule is Cc1cc(F)cc(C)c1NC(=O)N1CCN=C1N. The van der Waals surface area contributed by atoms with E-state index in [-0.39, 0.29) is 17.8 Å². The Kier molecular flexibility index (Phi) is 3.18. The summed E-state index contributed by atoms with van der Waals surface area (Å²) in [5.74, 6) is -0.102. The number of nitrogens with one attached hydrogen (secondary N) is 1. The zero-order valence-corrected chi connectivity index (χ0v) is 10.3. The van der Waals surface area contributed by atoms with Gasteiger partial charge in [0.2, 0.25) is 0 Å². The highest BCUT2D eigenvalue weighted by atomic mass is 19.1. The van der Waals surface area contributed by atoms with E-state index in [4.69, 9.17) is 5.73 Å². The Morgan fingerprint density at radius 2 is 2.06 bits per heavy atom. The van der Waals surface area contributed by atoms with Crippen LogP contribution in [0.25, 0.3) is 0 Å². The second-order valence-electron chi connectivity index (χ2n) is 4.24. The first-order valence-corrected chi connectivity index (χ1v) is 5.64. The number of hydrogen-bond donors (Lipinski definition) is 2. The number of anilines is 1. The van der Waals surface area contributed by atoms with Crippen LogP contribution in [0.1, 0.15) is 11.1 Å². The van der Waals surface area contributed by atoms with Crippen molar-refractivity contribution in [1.29, 1.82) is 0 Å². The van der Waals surface area contributed by atoms with Crippen molar-refractivity contribution < 1.29 is 9.18 Å². The number of carbonyl (C=O) groups is 1. The normalized spacial score (nSPS) is 14.6. The number of aryl methyl sites for hydroxylation is 2. The molecule has 0 saturated carbocycles. The molecule has 1 aromatic carbocycles. The minimum atomic E-state index is -0.341. The van der Waals surface area contributed by atoms with Gasteiger partial charge in [-0.05, 0) is 37.1 Å². The highest BCUT2D eigenvalue weighted by Crippen LogP contribution is 2.22. The van der Waals surface area contributed by atoms with Gasteiger partial charge in [0.05, 0.1) is 13.1 Å². The van der Waals surface area contributed by atoms with Crippen molar-refractivity contribution in [2.24, 2.45) is 10.7 Å². The van der Waals surface area contributed by atoms with Gasteiger partial charge in [-0.25, -0.2) is 9.18 Å². The molecule has 5 nitrogen and oxygen atoms in total. The Labute approximate surface area is 104 Å². The fraction of sp³-hybridized carbons (Fsp3) is 0.333. The molecular weight excluding hydrogens is 235 g/mol. The summed E-state index contributed by atoms with van der Waals surface area (Å²) >= 11 is 0. The fourth-order valence-corrected chi connectivity index (χ4v) is 1.95. The first kappa shape index (κ1) is 12.3. The topological polar surface area (TPSA) is 70.7 Å².